The van der Waals surface area contributed by atoms with Crippen molar-refractivity contribution in [2.45, 2.75) is 164 Å². The van der Waals surface area contributed by atoms with Crippen LogP contribution in [0.15, 0.2) is 0 Å². The van der Waals surface area contributed by atoms with E-state index in [4.69, 9.17) is 49.6 Å². The Labute approximate surface area is 354 Å². The number of ether oxygens (including phenoxy) is 4. The van der Waals surface area contributed by atoms with Crippen LogP contribution in [0.5, 0.6) is 0 Å². The molecule has 20 unspecified atom stereocenters. The van der Waals surface area contributed by atoms with Gasteiger partial charge in [0.15, 0.2) is 0 Å². The van der Waals surface area contributed by atoms with Crippen LogP contribution in [0.4, 0.5) is 0 Å². The molecule has 62 heavy (non-hydrogen) atoms. The van der Waals surface area contributed by atoms with Crippen molar-refractivity contribution in [1.29, 1.82) is 0 Å². The lowest BCUT2D eigenvalue weighted by Crippen LogP contribution is -2.60. The fourth-order valence-electron chi connectivity index (χ4n) is 6.59. The minimum absolute atomic E-state index is 0.167. The Bertz CT molecular complexity index is 1340. The lowest BCUT2D eigenvalue weighted by atomic mass is 9.85. The summed E-state index contributed by atoms with van der Waals surface area (Å²) in [5.41, 5.74) is 0. The van der Waals surface area contributed by atoms with E-state index >= 15 is 0 Å². The molecular weight excluding hydrogens is 848 g/mol. The normalized spacial score (nSPS) is 42.6. The average molecular weight is 913 g/mol. The molecule has 4 aliphatic rings. The van der Waals surface area contributed by atoms with Crippen molar-refractivity contribution in [2.24, 2.45) is 23.7 Å². The van der Waals surface area contributed by atoms with Gasteiger partial charge in [-0.3, -0.25) is 0 Å². The van der Waals surface area contributed by atoms with Gasteiger partial charge in [0.1, 0.15) is 24.4 Å². The van der Waals surface area contributed by atoms with E-state index in [0.717, 1.165) is 0 Å². The van der Waals surface area contributed by atoms with Crippen molar-refractivity contribution in [3.63, 3.8) is 0 Å². The summed E-state index contributed by atoms with van der Waals surface area (Å²) in [5.74, 6) is -17.7. The zero-order valence-corrected chi connectivity index (χ0v) is 34.8. The molecule has 4 heterocycles. The molecule has 364 valence electrons. The summed E-state index contributed by atoms with van der Waals surface area (Å²) in [5, 5.41) is 167. The maximum absolute atomic E-state index is 10.9. The fourth-order valence-corrected chi connectivity index (χ4v) is 6.59. The molecule has 0 aromatic carbocycles. The van der Waals surface area contributed by atoms with Crippen LogP contribution in [0.2, 0.25) is 0 Å². The number of aliphatic carboxylic acids is 4. The van der Waals surface area contributed by atoms with Crippen LogP contribution in [0, 0.1) is 23.7 Å². The van der Waals surface area contributed by atoms with Crippen LogP contribution in [0.1, 0.15) is 67.2 Å². The highest BCUT2D eigenvalue weighted by atomic mass is 16.7. The van der Waals surface area contributed by atoms with Crippen LogP contribution < -0.4 is 0 Å². The maximum atomic E-state index is 10.9. The number of hydrogen-bond acceptors (Lipinski definition) is 22. The van der Waals surface area contributed by atoms with Crippen LogP contribution in [-0.4, -0.2) is 225 Å². The van der Waals surface area contributed by atoms with Gasteiger partial charge in [0.25, 0.3) is 23.1 Å². The molecule has 4 aliphatic heterocycles. The van der Waals surface area contributed by atoms with Gasteiger partial charge in [-0.05, 0) is 13.8 Å². The molecule has 0 amide bonds. The Balaban J connectivity index is 0.000000418. The number of rotatable bonds is 10. The molecule has 26 nitrogen and oxygen atoms in total. The Hall–Kier alpha value is -2.84. The summed E-state index contributed by atoms with van der Waals surface area (Å²) in [6.45, 7) is 8.19. The Morgan fingerprint density at radius 1 is 0.452 bits per heavy atom. The lowest BCUT2D eigenvalue weighted by Gasteiger charge is -2.43. The number of carboxylic acids is 4. The molecule has 4 rings (SSSR count). The Morgan fingerprint density at radius 3 is 0.855 bits per heavy atom. The number of hydrogen-bond donors (Lipinski definition) is 18. The van der Waals surface area contributed by atoms with Crippen molar-refractivity contribution in [3.05, 3.63) is 0 Å². The number of aliphatic hydroxyl groups is 14. The molecule has 4 fully saturated rings. The van der Waals surface area contributed by atoms with Gasteiger partial charge in [-0.2, -0.15) is 0 Å². The first-order valence-electron chi connectivity index (χ1n) is 19.4. The molecule has 0 aromatic rings. The van der Waals surface area contributed by atoms with Crippen LogP contribution in [0.3, 0.4) is 0 Å². The minimum Gasteiger partial charge on any atom is -0.477 e. The largest absolute Gasteiger partial charge is 0.477 e. The summed E-state index contributed by atoms with van der Waals surface area (Å²) in [4.78, 5) is 42.9. The molecule has 0 bridgehead atoms. The van der Waals surface area contributed by atoms with Gasteiger partial charge in [0.05, 0.1) is 62.0 Å². The molecule has 0 saturated carbocycles. The predicted molar refractivity (Wildman–Crippen MR) is 199 cm³/mol. The van der Waals surface area contributed by atoms with Gasteiger partial charge < -0.3 is 111 Å². The topological polar surface area (TPSA) is 469 Å². The minimum atomic E-state index is -2.62. The predicted octanol–water partition coefficient (Wildman–Crippen LogP) is -6.35. The highest BCUT2D eigenvalue weighted by Crippen LogP contribution is 2.36. The Kier molecular flexibility index (Phi) is 21.1. The molecule has 0 spiro atoms. The monoisotopic (exact) mass is 912 g/mol. The smallest absolute Gasteiger partial charge is 0.364 e. The summed E-state index contributed by atoms with van der Waals surface area (Å²) < 4.78 is 19.6. The molecule has 4 saturated heterocycles. The lowest BCUT2D eigenvalue weighted by molar-refractivity contribution is -0.302. The molecule has 0 aliphatic carbocycles. The van der Waals surface area contributed by atoms with E-state index in [1.807, 2.05) is 0 Å². The fraction of sp³-hybridized carbons (Fsp3) is 0.889. The van der Waals surface area contributed by atoms with Crippen molar-refractivity contribution in [1.82, 2.24) is 0 Å². The van der Waals surface area contributed by atoms with Gasteiger partial charge in [0.2, 0.25) is 0 Å². The van der Waals surface area contributed by atoms with Crippen molar-refractivity contribution >= 4 is 23.9 Å². The van der Waals surface area contributed by atoms with E-state index < -0.39 is 158 Å². The first-order valence-corrected chi connectivity index (χ1v) is 19.4. The van der Waals surface area contributed by atoms with E-state index in [9.17, 15) is 80.5 Å². The zero-order chi connectivity index (χ0) is 48.6. The number of carboxylic acid groups (broad SMARTS) is 4. The second kappa shape index (κ2) is 22.9. The van der Waals surface area contributed by atoms with Crippen LogP contribution >= 0.6 is 0 Å². The van der Waals surface area contributed by atoms with Gasteiger partial charge in [-0.25, -0.2) is 19.2 Å². The van der Waals surface area contributed by atoms with Crippen molar-refractivity contribution in [3.8, 4) is 0 Å². The molecule has 0 aromatic heterocycles. The van der Waals surface area contributed by atoms with Crippen molar-refractivity contribution < 1.29 is 130 Å². The molecule has 20 atom stereocenters. The summed E-state index contributed by atoms with van der Waals surface area (Å²) >= 11 is 0. The summed E-state index contributed by atoms with van der Waals surface area (Å²) in [6, 6.07) is 0. The second-order valence-electron chi connectivity index (χ2n) is 16.2. The maximum Gasteiger partial charge on any atom is 0.364 e. The van der Waals surface area contributed by atoms with Gasteiger partial charge in [-0.1, -0.05) is 27.7 Å². The number of aliphatic hydroxyl groups excluding tert-OH is 10. The van der Waals surface area contributed by atoms with E-state index in [-0.39, 0.29) is 24.7 Å². The quantitative estimate of drug-likeness (QED) is 0.0969. The average Bonchev–Trinajstić information content (AvgIpc) is 3.18. The first-order chi connectivity index (χ1) is 28.2. The van der Waals surface area contributed by atoms with Crippen LogP contribution in [0.25, 0.3) is 0 Å². The zero-order valence-electron chi connectivity index (χ0n) is 34.8. The first kappa shape index (κ1) is 57.2. The highest BCUT2D eigenvalue weighted by Gasteiger charge is 2.54. The summed E-state index contributed by atoms with van der Waals surface area (Å²) in [7, 11) is 0. The van der Waals surface area contributed by atoms with Gasteiger partial charge in [-0.15, -0.1) is 0 Å². The number of carbonyl (C=O) groups is 4. The van der Waals surface area contributed by atoms with Crippen molar-refractivity contribution in [2.75, 3.05) is 13.2 Å². The van der Waals surface area contributed by atoms with E-state index in [2.05, 4.69) is 0 Å². The molecule has 18 N–H and O–H groups in total. The third kappa shape index (κ3) is 14.1. The molecular formula is C36H64O26. The second-order valence-corrected chi connectivity index (χ2v) is 16.2. The highest BCUT2D eigenvalue weighted by molar-refractivity contribution is 5.76. The van der Waals surface area contributed by atoms with Gasteiger partial charge in [0, 0.05) is 49.4 Å². The van der Waals surface area contributed by atoms with Gasteiger partial charge >= 0.3 is 23.9 Å². The van der Waals surface area contributed by atoms with E-state index in [1.54, 1.807) is 27.7 Å². The van der Waals surface area contributed by atoms with E-state index in [1.165, 1.54) is 13.8 Å². The third-order valence-electron chi connectivity index (χ3n) is 11.5. The molecule has 0 radical (unpaired) electrons. The molecule has 26 heteroatoms. The standard InChI is InChI=1S/2C10H18O8.2C8H14O5/c2*1-4-5(12)2-10(17,9(15)16)18-8(4)7(14)6(13)3-11;2*1-4-5(2)13-8(12,7(10)11)3-6(4)9/h2*4-8,11-14,17H,2-3H2,1H3,(H,15,16);2*4-6,9,12H,3H2,1-2H3,(H,10,11). The van der Waals surface area contributed by atoms with Crippen LogP contribution in [-0.2, 0) is 38.1 Å². The SMILES string of the molecule is CC1C(O)CC(O)(C(=O)O)OC1C(O)C(O)CO.CC1C(O)CC(O)(C(=O)O)OC1C(O)C(O)CO.CC1OC(O)(C(=O)O)CC(O)C1C.CC1OC(O)(C(=O)O)CC(O)C1C. The van der Waals surface area contributed by atoms with E-state index in [0.29, 0.717) is 0 Å². The summed E-state index contributed by atoms with van der Waals surface area (Å²) in [6.07, 6.45) is -15.7. The Morgan fingerprint density at radius 2 is 0.661 bits per heavy atom. The third-order valence-corrected chi connectivity index (χ3v) is 11.5.